The smallest absolute Gasteiger partial charge is 0.348 e. The first-order valence-electron chi connectivity index (χ1n) is 6.21. The molecule has 104 valence electrons. The van der Waals surface area contributed by atoms with E-state index in [1.807, 2.05) is 6.92 Å². The Morgan fingerprint density at radius 3 is 2.84 bits per heavy atom. The summed E-state index contributed by atoms with van der Waals surface area (Å²) in [5.74, 6) is 0.177. The number of nitro groups is 1. The van der Waals surface area contributed by atoms with Crippen molar-refractivity contribution in [3.63, 3.8) is 0 Å². The molecule has 1 fully saturated rings. The zero-order chi connectivity index (χ0) is 13.8. The first-order chi connectivity index (χ1) is 9.08. The van der Waals surface area contributed by atoms with E-state index in [2.05, 4.69) is 20.2 Å². The van der Waals surface area contributed by atoms with Crippen LogP contribution in [0.15, 0.2) is 6.33 Å². The van der Waals surface area contributed by atoms with Crippen molar-refractivity contribution in [2.75, 3.05) is 25.0 Å². The summed E-state index contributed by atoms with van der Waals surface area (Å²) in [7, 11) is 0. The minimum atomic E-state index is -0.562. The highest BCUT2D eigenvalue weighted by atomic mass is 35.5. The van der Waals surface area contributed by atoms with Gasteiger partial charge in [-0.25, -0.2) is 9.97 Å². The molecule has 0 radical (unpaired) electrons. The first-order valence-corrected chi connectivity index (χ1v) is 6.59. The average Bonchev–Trinajstić information content (AvgIpc) is 2.81. The quantitative estimate of drug-likeness (QED) is 0.505. The fraction of sp³-hybridized carbons (Fsp3) is 0.636. The van der Waals surface area contributed by atoms with Gasteiger partial charge < -0.3 is 10.2 Å². The van der Waals surface area contributed by atoms with Gasteiger partial charge in [0.25, 0.3) is 0 Å². The van der Waals surface area contributed by atoms with Crippen LogP contribution in [0.1, 0.15) is 19.8 Å². The Balaban J connectivity index is 2.05. The van der Waals surface area contributed by atoms with Gasteiger partial charge in [-0.2, -0.15) is 0 Å². The molecular weight excluding hydrogens is 270 g/mol. The normalized spacial score (nSPS) is 17.4. The molecule has 19 heavy (non-hydrogen) atoms. The van der Waals surface area contributed by atoms with Crippen molar-refractivity contribution in [2.45, 2.75) is 25.8 Å². The number of nitrogens with one attached hydrogen (secondary N) is 1. The molecule has 0 aliphatic carbocycles. The van der Waals surface area contributed by atoms with Crippen molar-refractivity contribution in [1.82, 2.24) is 14.9 Å². The van der Waals surface area contributed by atoms with Crippen molar-refractivity contribution in [2.24, 2.45) is 0 Å². The highest BCUT2D eigenvalue weighted by molar-refractivity contribution is 6.31. The van der Waals surface area contributed by atoms with Crippen LogP contribution in [0.3, 0.4) is 0 Å². The maximum atomic E-state index is 11.0. The maximum Gasteiger partial charge on any atom is 0.348 e. The summed E-state index contributed by atoms with van der Waals surface area (Å²) in [6.45, 7) is 4.97. The van der Waals surface area contributed by atoms with Crippen LogP contribution in [0.4, 0.5) is 11.5 Å². The van der Waals surface area contributed by atoms with E-state index in [0.29, 0.717) is 0 Å². The summed E-state index contributed by atoms with van der Waals surface area (Å²) in [5, 5.41) is 13.9. The van der Waals surface area contributed by atoms with Gasteiger partial charge in [0.1, 0.15) is 6.33 Å². The second-order valence-corrected chi connectivity index (χ2v) is 5.03. The summed E-state index contributed by atoms with van der Waals surface area (Å²) in [5.41, 5.74) is -0.266. The molecule has 7 nitrogen and oxygen atoms in total. The molecule has 1 unspecified atom stereocenters. The first kappa shape index (κ1) is 14.0. The van der Waals surface area contributed by atoms with Gasteiger partial charge in [-0.05, 0) is 32.9 Å². The zero-order valence-corrected chi connectivity index (χ0v) is 11.4. The molecule has 2 rings (SSSR count). The second kappa shape index (κ2) is 6.12. The van der Waals surface area contributed by atoms with Crippen molar-refractivity contribution in [1.29, 1.82) is 0 Å². The van der Waals surface area contributed by atoms with Gasteiger partial charge in [-0.1, -0.05) is 11.6 Å². The molecular formula is C11H16ClN5O2. The summed E-state index contributed by atoms with van der Waals surface area (Å²) >= 11 is 5.73. The van der Waals surface area contributed by atoms with E-state index < -0.39 is 4.92 Å². The third-order valence-electron chi connectivity index (χ3n) is 3.07. The number of halogens is 1. The number of hydrogen-bond donors (Lipinski definition) is 1. The molecule has 2 heterocycles. The van der Waals surface area contributed by atoms with Gasteiger partial charge in [0.05, 0.1) is 4.92 Å². The van der Waals surface area contributed by atoms with Crippen LogP contribution in [0.5, 0.6) is 0 Å². The topological polar surface area (TPSA) is 84.2 Å². The van der Waals surface area contributed by atoms with E-state index in [9.17, 15) is 10.1 Å². The van der Waals surface area contributed by atoms with Crippen LogP contribution >= 0.6 is 11.6 Å². The largest absolute Gasteiger partial charge is 0.360 e. The Kier molecular flexibility index (Phi) is 4.49. The van der Waals surface area contributed by atoms with Crippen LogP contribution < -0.4 is 5.32 Å². The van der Waals surface area contributed by atoms with Crippen LogP contribution in [-0.2, 0) is 0 Å². The Morgan fingerprint density at radius 1 is 1.53 bits per heavy atom. The molecule has 1 aliphatic heterocycles. The number of likely N-dealkylation sites (tertiary alicyclic amines) is 1. The minimum Gasteiger partial charge on any atom is -0.360 e. The lowest BCUT2D eigenvalue weighted by Crippen LogP contribution is -2.33. The molecule has 1 aromatic rings. The van der Waals surface area contributed by atoms with E-state index in [0.717, 1.165) is 19.6 Å². The van der Waals surface area contributed by atoms with Crippen LogP contribution in [-0.4, -0.2) is 45.5 Å². The third-order valence-corrected chi connectivity index (χ3v) is 3.35. The molecule has 1 aromatic heterocycles. The van der Waals surface area contributed by atoms with Crippen LogP contribution in [0.2, 0.25) is 5.15 Å². The molecule has 1 aliphatic rings. The molecule has 1 atom stereocenters. The SMILES string of the molecule is CC(CN1CCCC1)Nc1ncnc(Cl)c1[N+](=O)[O-]. The van der Waals surface area contributed by atoms with E-state index in [1.54, 1.807) is 0 Å². The molecule has 0 amide bonds. The lowest BCUT2D eigenvalue weighted by atomic mass is 10.3. The maximum absolute atomic E-state index is 11.0. The highest BCUT2D eigenvalue weighted by Crippen LogP contribution is 2.28. The van der Waals surface area contributed by atoms with Gasteiger partial charge in [-0.3, -0.25) is 10.1 Å². The number of nitrogens with zero attached hydrogens (tertiary/aromatic N) is 4. The Labute approximate surface area is 116 Å². The van der Waals surface area contributed by atoms with Gasteiger partial charge >= 0.3 is 5.69 Å². The fourth-order valence-corrected chi connectivity index (χ4v) is 2.46. The molecule has 0 aromatic carbocycles. The van der Waals surface area contributed by atoms with Crippen molar-refractivity contribution in [3.05, 3.63) is 21.6 Å². The van der Waals surface area contributed by atoms with Crippen molar-refractivity contribution >= 4 is 23.1 Å². The molecule has 0 saturated carbocycles. The van der Waals surface area contributed by atoms with E-state index in [-0.39, 0.29) is 22.7 Å². The van der Waals surface area contributed by atoms with E-state index in [1.165, 1.54) is 19.2 Å². The summed E-state index contributed by atoms with van der Waals surface area (Å²) in [6, 6.07) is 0.0581. The zero-order valence-electron chi connectivity index (χ0n) is 10.7. The molecule has 1 N–H and O–H groups in total. The predicted molar refractivity (Wildman–Crippen MR) is 72.5 cm³/mol. The fourth-order valence-electron chi connectivity index (χ4n) is 2.26. The van der Waals surface area contributed by atoms with Crippen LogP contribution in [0.25, 0.3) is 0 Å². The molecule has 1 saturated heterocycles. The lowest BCUT2D eigenvalue weighted by molar-refractivity contribution is -0.384. The Hall–Kier alpha value is -1.47. The third kappa shape index (κ3) is 3.51. The number of rotatable bonds is 5. The molecule has 8 heteroatoms. The highest BCUT2D eigenvalue weighted by Gasteiger charge is 2.23. The van der Waals surface area contributed by atoms with Crippen LogP contribution in [0, 0.1) is 10.1 Å². The van der Waals surface area contributed by atoms with E-state index >= 15 is 0 Å². The Morgan fingerprint density at radius 2 is 2.21 bits per heavy atom. The summed E-state index contributed by atoms with van der Waals surface area (Å²) in [4.78, 5) is 20.3. The predicted octanol–water partition coefficient (Wildman–Crippen LogP) is 1.93. The average molecular weight is 286 g/mol. The molecule has 0 bridgehead atoms. The van der Waals surface area contributed by atoms with Crippen molar-refractivity contribution < 1.29 is 4.92 Å². The van der Waals surface area contributed by atoms with E-state index in [4.69, 9.17) is 11.6 Å². The van der Waals surface area contributed by atoms with Gasteiger partial charge in [0.15, 0.2) is 0 Å². The number of hydrogen-bond acceptors (Lipinski definition) is 6. The van der Waals surface area contributed by atoms with Gasteiger partial charge in [-0.15, -0.1) is 0 Å². The van der Waals surface area contributed by atoms with Crippen molar-refractivity contribution in [3.8, 4) is 0 Å². The minimum absolute atomic E-state index is 0.0581. The van der Waals surface area contributed by atoms with Gasteiger partial charge in [0.2, 0.25) is 11.0 Å². The summed E-state index contributed by atoms with van der Waals surface area (Å²) < 4.78 is 0. The number of anilines is 1. The second-order valence-electron chi connectivity index (χ2n) is 4.67. The Bertz CT molecular complexity index is 464. The number of aromatic nitrogens is 2. The lowest BCUT2D eigenvalue weighted by Gasteiger charge is -2.21. The standard InChI is InChI=1S/C11H16ClN5O2/c1-8(6-16-4-2-3-5-16)15-11-9(17(18)19)10(12)13-7-14-11/h7-8H,2-6H2,1H3,(H,13,14,15). The summed E-state index contributed by atoms with van der Waals surface area (Å²) in [6.07, 6.45) is 3.65. The molecule has 0 spiro atoms. The van der Waals surface area contributed by atoms with Gasteiger partial charge in [0, 0.05) is 12.6 Å². The monoisotopic (exact) mass is 285 g/mol.